The molecule has 0 aliphatic carbocycles. The van der Waals surface area contributed by atoms with Crippen molar-refractivity contribution in [3.8, 4) is 0 Å². The van der Waals surface area contributed by atoms with Crippen LogP contribution in [0.4, 0.5) is 5.69 Å². The van der Waals surface area contributed by atoms with Crippen LogP contribution in [-0.4, -0.2) is 36.6 Å². The zero-order chi connectivity index (χ0) is 14.5. The summed E-state index contributed by atoms with van der Waals surface area (Å²) in [6.07, 6.45) is 3.88. The summed E-state index contributed by atoms with van der Waals surface area (Å²) in [5.41, 5.74) is 3.00. The molecular formula is C18H30N2. The van der Waals surface area contributed by atoms with Gasteiger partial charge >= 0.3 is 0 Å². The van der Waals surface area contributed by atoms with Crippen LogP contribution in [0, 0.1) is 0 Å². The summed E-state index contributed by atoms with van der Waals surface area (Å²) in [5, 5.41) is 0. The number of fused-ring (bicyclic) bond motifs is 1. The zero-order valence-corrected chi connectivity index (χ0v) is 13.6. The van der Waals surface area contributed by atoms with E-state index in [4.69, 9.17) is 0 Å². The topological polar surface area (TPSA) is 6.48 Å². The third kappa shape index (κ3) is 3.76. The molecule has 2 nitrogen and oxygen atoms in total. The van der Waals surface area contributed by atoms with Crippen molar-refractivity contribution >= 4 is 5.69 Å². The Morgan fingerprint density at radius 3 is 2.45 bits per heavy atom. The molecule has 1 aromatic carbocycles. The average Bonchev–Trinajstić information content (AvgIpc) is 2.61. The van der Waals surface area contributed by atoms with Gasteiger partial charge in [-0.1, -0.05) is 18.2 Å². The van der Waals surface area contributed by atoms with Crippen molar-refractivity contribution in [3.05, 3.63) is 29.8 Å². The van der Waals surface area contributed by atoms with Gasteiger partial charge in [-0.2, -0.15) is 0 Å². The molecule has 2 rings (SSSR count). The summed E-state index contributed by atoms with van der Waals surface area (Å²) in [6, 6.07) is 10.2. The molecule has 1 aromatic rings. The molecule has 0 saturated carbocycles. The van der Waals surface area contributed by atoms with E-state index in [9.17, 15) is 0 Å². The van der Waals surface area contributed by atoms with E-state index in [2.05, 4.69) is 61.8 Å². The fourth-order valence-corrected chi connectivity index (χ4v) is 3.35. The van der Waals surface area contributed by atoms with Gasteiger partial charge in [-0.15, -0.1) is 0 Å². The molecule has 0 aromatic heterocycles. The maximum atomic E-state index is 2.60. The summed E-state index contributed by atoms with van der Waals surface area (Å²) in [6.45, 7) is 12.7. The minimum absolute atomic E-state index is 0.622. The Balaban J connectivity index is 2.05. The van der Waals surface area contributed by atoms with Crippen molar-refractivity contribution in [3.63, 3.8) is 0 Å². The van der Waals surface area contributed by atoms with Crippen LogP contribution >= 0.6 is 0 Å². The molecule has 0 radical (unpaired) electrons. The van der Waals surface area contributed by atoms with Gasteiger partial charge in [-0.05, 0) is 58.6 Å². The van der Waals surface area contributed by atoms with Crippen LogP contribution in [0.15, 0.2) is 24.3 Å². The van der Waals surface area contributed by atoms with E-state index in [0.29, 0.717) is 12.1 Å². The first-order valence-corrected chi connectivity index (χ1v) is 8.18. The van der Waals surface area contributed by atoms with E-state index in [1.165, 1.54) is 37.1 Å². The Morgan fingerprint density at radius 2 is 1.75 bits per heavy atom. The van der Waals surface area contributed by atoms with Crippen molar-refractivity contribution in [2.75, 3.05) is 24.5 Å². The number of nitrogens with zero attached hydrogens (tertiary/aromatic N) is 2. The second kappa shape index (κ2) is 7.12. The molecule has 0 bridgehead atoms. The van der Waals surface area contributed by atoms with Gasteiger partial charge in [0.2, 0.25) is 0 Å². The lowest BCUT2D eigenvalue weighted by molar-refractivity contribution is 0.179. The highest BCUT2D eigenvalue weighted by atomic mass is 15.2. The number of hydrogen-bond acceptors (Lipinski definition) is 2. The smallest absolute Gasteiger partial charge is 0.0399 e. The molecule has 0 fully saturated rings. The van der Waals surface area contributed by atoms with Gasteiger partial charge in [0.1, 0.15) is 0 Å². The highest BCUT2D eigenvalue weighted by molar-refractivity contribution is 5.54. The maximum absolute atomic E-state index is 2.60. The maximum Gasteiger partial charge on any atom is 0.0399 e. The average molecular weight is 274 g/mol. The fraction of sp³-hybridized carbons (Fsp3) is 0.667. The second-order valence-corrected chi connectivity index (χ2v) is 6.50. The number of aryl methyl sites for hydroxylation is 1. The van der Waals surface area contributed by atoms with Crippen molar-refractivity contribution in [1.29, 1.82) is 0 Å². The molecule has 0 spiro atoms. The number of anilines is 1. The van der Waals surface area contributed by atoms with Gasteiger partial charge in [-0.3, -0.25) is 4.90 Å². The molecule has 1 aliphatic rings. The van der Waals surface area contributed by atoms with Crippen LogP contribution in [0.3, 0.4) is 0 Å². The lowest BCUT2D eigenvalue weighted by Crippen LogP contribution is -2.42. The lowest BCUT2D eigenvalue weighted by atomic mass is 10.1. The molecule has 1 aliphatic heterocycles. The van der Waals surface area contributed by atoms with Crippen molar-refractivity contribution in [2.24, 2.45) is 0 Å². The van der Waals surface area contributed by atoms with Gasteiger partial charge in [0, 0.05) is 37.4 Å². The van der Waals surface area contributed by atoms with Crippen LogP contribution in [0.1, 0.15) is 46.1 Å². The minimum Gasteiger partial charge on any atom is -0.370 e. The van der Waals surface area contributed by atoms with E-state index < -0.39 is 0 Å². The van der Waals surface area contributed by atoms with Gasteiger partial charge < -0.3 is 4.90 Å². The highest BCUT2D eigenvalue weighted by Crippen LogP contribution is 2.25. The van der Waals surface area contributed by atoms with Gasteiger partial charge in [0.05, 0.1) is 0 Å². The summed E-state index contributed by atoms with van der Waals surface area (Å²) in [4.78, 5) is 5.19. The SMILES string of the molecule is CC(C)N(CCN1CCCCc2ccccc21)C(C)C. The van der Waals surface area contributed by atoms with Crippen LogP contribution in [0.2, 0.25) is 0 Å². The van der Waals surface area contributed by atoms with Gasteiger partial charge in [0.15, 0.2) is 0 Å². The minimum atomic E-state index is 0.622. The van der Waals surface area contributed by atoms with Crippen LogP contribution in [-0.2, 0) is 6.42 Å². The zero-order valence-electron chi connectivity index (χ0n) is 13.6. The third-order valence-corrected chi connectivity index (χ3v) is 4.41. The molecule has 2 heteroatoms. The third-order valence-electron chi connectivity index (χ3n) is 4.41. The highest BCUT2D eigenvalue weighted by Gasteiger charge is 2.18. The van der Waals surface area contributed by atoms with Gasteiger partial charge in [0.25, 0.3) is 0 Å². The number of para-hydroxylation sites is 1. The normalized spacial score (nSPS) is 15.8. The largest absolute Gasteiger partial charge is 0.370 e. The van der Waals surface area contributed by atoms with Crippen LogP contribution in [0.5, 0.6) is 0 Å². The molecule has 0 saturated heterocycles. The number of rotatable bonds is 5. The molecule has 1 heterocycles. The van der Waals surface area contributed by atoms with Crippen LogP contribution in [0.25, 0.3) is 0 Å². The van der Waals surface area contributed by atoms with Gasteiger partial charge in [-0.25, -0.2) is 0 Å². The van der Waals surface area contributed by atoms with E-state index in [-0.39, 0.29) is 0 Å². The first kappa shape index (κ1) is 15.4. The Labute approximate surface area is 124 Å². The molecule has 0 unspecified atom stereocenters. The summed E-state index contributed by atoms with van der Waals surface area (Å²) in [5.74, 6) is 0. The molecular weight excluding hydrogens is 244 g/mol. The van der Waals surface area contributed by atoms with E-state index in [1.54, 1.807) is 0 Å². The number of benzene rings is 1. The van der Waals surface area contributed by atoms with E-state index in [0.717, 1.165) is 13.1 Å². The molecule has 112 valence electrons. The van der Waals surface area contributed by atoms with E-state index >= 15 is 0 Å². The summed E-state index contributed by atoms with van der Waals surface area (Å²) >= 11 is 0. The van der Waals surface area contributed by atoms with Crippen LogP contribution < -0.4 is 4.90 Å². The monoisotopic (exact) mass is 274 g/mol. The summed E-state index contributed by atoms with van der Waals surface area (Å²) in [7, 11) is 0. The first-order chi connectivity index (χ1) is 9.59. The standard InChI is InChI=1S/C18H30N2/c1-15(2)20(16(3)4)14-13-19-12-8-7-10-17-9-5-6-11-18(17)19/h5-6,9,11,15-16H,7-8,10,12-14H2,1-4H3. The molecule has 0 atom stereocenters. The van der Waals surface area contributed by atoms with Crippen molar-refractivity contribution in [1.82, 2.24) is 4.90 Å². The Morgan fingerprint density at radius 1 is 1.05 bits per heavy atom. The Bertz CT molecular complexity index is 404. The molecule has 0 N–H and O–H groups in total. The predicted molar refractivity (Wildman–Crippen MR) is 88.6 cm³/mol. The molecule has 0 amide bonds. The second-order valence-electron chi connectivity index (χ2n) is 6.50. The van der Waals surface area contributed by atoms with Crippen molar-refractivity contribution in [2.45, 2.75) is 59.0 Å². The van der Waals surface area contributed by atoms with E-state index in [1.807, 2.05) is 0 Å². The fourth-order valence-electron chi connectivity index (χ4n) is 3.35. The first-order valence-electron chi connectivity index (χ1n) is 8.18. The Hall–Kier alpha value is -1.02. The quantitative estimate of drug-likeness (QED) is 0.802. The predicted octanol–water partition coefficient (Wildman–Crippen LogP) is 3.95. The Kier molecular flexibility index (Phi) is 5.47. The number of hydrogen-bond donors (Lipinski definition) is 0. The lowest BCUT2D eigenvalue weighted by Gasteiger charge is -2.34. The summed E-state index contributed by atoms with van der Waals surface area (Å²) < 4.78 is 0. The molecule has 20 heavy (non-hydrogen) atoms. The van der Waals surface area contributed by atoms with Crippen molar-refractivity contribution < 1.29 is 0 Å².